The topological polar surface area (TPSA) is 38.3 Å². The lowest BCUT2D eigenvalue weighted by Crippen LogP contribution is -2.40. The molecule has 15 heavy (non-hydrogen) atoms. The van der Waals surface area contributed by atoms with Crippen LogP contribution in [-0.2, 0) is 9.53 Å². The van der Waals surface area contributed by atoms with Gasteiger partial charge in [-0.25, -0.2) is 0 Å². The molecule has 1 fully saturated rings. The number of nitrogens with one attached hydrogen (secondary N) is 1. The fourth-order valence-corrected chi connectivity index (χ4v) is 1.84. The van der Waals surface area contributed by atoms with E-state index in [1.807, 2.05) is 13.8 Å². The van der Waals surface area contributed by atoms with Crippen LogP contribution in [0.4, 0.5) is 0 Å². The molecule has 1 rings (SSSR count). The number of carbonyl (C=O) groups is 1. The average molecular weight is 213 g/mol. The number of ether oxygens (including phenoxy) is 1. The van der Waals surface area contributed by atoms with Gasteiger partial charge in [0.15, 0.2) is 0 Å². The molecular weight excluding hydrogens is 190 g/mol. The Hall–Kier alpha value is -0.570. The first-order chi connectivity index (χ1) is 7.15. The van der Waals surface area contributed by atoms with Crippen molar-refractivity contribution in [2.75, 3.05) is 13.2 Å². The average Bonchev–Trinajstić information content (AvgIpc) is 2.11. The molecule has 0 aromatic heterocycles. The molecule has 0 amide bonds. The Bertz CT molecular complexity index is 202. The molecule has 0 aromatic carbocycles. The molecule has 3 nitrogen and oxygen atoms in total. The summed E-state index contributed by atoms with van der Waals surface area (Å²) >= 11 is 0. The van der Waals surface area contributed by atoms with Gasteiger partial charge in [0.05, 0.1) is 12.5 Å². The summed E-state index contributed by atoms with van der Waals surface area (Å²) in [6.45, 7) is 7.17. The van der Waals surface area contributed by atoms with Gasteiger partial charge in [0.25, 0.3) is 0 Å². The minimum atomic E-state index is -0.0918. The van der Waals surface area contributed by atoms with Crippen LogP contribution < -0.4 is 5.32 Å². The number of hydrogen-bond donors (Lipinski definition) is 1. The molecular formula is C12H23NO2. The summed E-state index contributed by atoms with van der Waals surface area (Å²) in [6, 6.07) is 0.538. The van der Waals surface area contributed by atoms with Crippen LogP contribution >= 0.6 is 0 Å². The van der Waals surface area contributed by atoms with E-state index < -0.39 is 0 Å². The van der Waals surface area contributed by atoms with E-state index in [1.54, 1.807) is 0 Å². The first kappa shape index (κ1) is 12.5. The summed E-state index contributed by atoms with van der Waals surface area (Å²) < 4.78 is 4.96. The zero-order valence-electron chi connectivity index (χ0n) is 10.1. The molecule has 88 valence electrons. The maximum atomic E-state index is 11.3. The van der Waals surface area contributed by atoms with Gasteiger partial charge in [0, 0.05) is 12.6 Å². The van der Waals surface area contributed by atoms with Gasteiger partial charge < -0.3 is 10.1 Å². The number of hydrogen-bond acceptors (Lipinski definition) is 3. The van der Waals surface area contributed by atoms with E-state index in [2.05, 4.69) is 12.2 Å². The lowest BCUT2D eigenvalue weighted by Gasteiger charge is -2.32. The normalized spacial score (nSPS) is 20.5. The third-order valence-electron chi connectivity index (χ3n) is 3.29. The summed E-state index contributed by atoms with van der Waals surface area (Å²) in [4.78, 5) is 11.3. The Morgan fingerprint density at radius 2 is 2.13 bits per heavy atom. The second-order valence-corrected chi connectivity index (χ2v) is 4.54. The Labute approximate surface area is 92.6 Å². The van der Waals surface area contributed by atoms with Crippen molar-refractivity contribution in [2.45, 2.75) is 46.1 Å². The lowest BCUT2D eigenvalue weighted by molar-refractivity contribution is -0.147. The van der Waals surface area contributed by atoms with Crippen molar-refractivity contribution < 1.29 is 9.53 Å². The minimum absolute atomic E-state index is 0.0347. The van der Waals surface area contributed by atoms with E-state index in [-0.39, 0.29) is 11.9 Å². The summed E-state index contributed by atoms with van der Waals surface area (Å²) in [5.74, 6) is 0.692. The standard InChI is InChI=1S/C12H23NO2/c1-4-15-12(14)9(2)8-13-10(3)11-6-5-7-11/h9-11,13H,4-8H2,1-3H3. The van der Waals surface area contributed by atoms with Gasteiger partial charge in [-0.1, -0.05) is 13.3 Å². The molecule has 1 aliphatic rings. The second-order valence-electron chi connectivity index (χ2n) is 4.54. The van der Waals surface area contributed by atoms with Gasteiger partial charge in [-0.3, -0.25) is 4.79 Å². The number of carbonyl (C=O) groups excluding carboxylic acids is 1. The van der Waals surface area contributed by atoms with E-state index in [1.165, 1.54) is 19.3 Å². The Kier molecular flexibility index (Phi) is 5.09. The van der Waals surface area contributed by atoms with E-state index >= 15 is 0 Å². The maximum absolute atomic E-state index is 11.3. The highest BCUT2D eigenvalue weighted by molar-refractivity contribution is 5.72. The van der Waals surface area contributed by atoms with Crippen molar-refractivity contribution in [3.63, 3.8) is 0 Å². The zero-order chi connectivity index (χ0) is 11.3. The monoisotopic (exact) mass is 213 g/mol. The van der Waals surface area contributed by atoms with Crippen LogP contribution in [0.15, 0.2) is 0 Å². The summed E-state index contributed by atoms with van der Waals surface area (Å²) in [5.41, 5.74) is 0. The molecule has 1 saturated carbocycles. The number of esters is 1. The third kappa shape index (κ3) is 3.82. The summed E-state index contributed by atoms with van der Waals surface area (Å²) in [5, 5.41) is 3.42. The lowest BCUT2D eigenvalue weighted by atomic mass is 9.80. The van der Waals surface area contributed by atoms with Crippen molar-refractivity contribution >= 4 is 5.97 Å². The van der Waals surface area contributed by atoms with Crippen molar-refractivity contribution in [1.29, 1.82) is 0 Å². The molecule has 0 radical (unpaired) electrons. The van der Waals surface area contributed by atoms with Crippen molar-refractivity contribution in [3.05, 3.63) is 0 Å². The molecule has 1 aliphatic carbocycles. The molecule has 2 unspecified atom stereocenters. The molecule has 1 N–H and O–H groups in total. The first-order valence-corrected chi connectivity index (χ1v) is 6.05. The van der Waals surface area contributed by atoms with Crippen LogP contribution in [0, 0.1) is 11.8 Å². The van der Waals surface area contributed by atoms with Crippen LogP contribution in [0.25, 0.3) is 0 Å². The molecule has 3 heteroatoms. The van der Waals surface area contributed by atoms with Crippen molar-refractivity contribution in [2.24, 2.45) is 11.8 Å². The van der Waals surface area contributed by atoms with Crippen molar-refractivity contribution in [3.8, 4) is 0 Å². The predicted octanol–water partition coefficient (Wildman–Crippen LogP) is 1.96. The summed E-state index contributed by atoms with van der Waals surface area (Å²) in [7, 11) is 0. The molecule has 0 saturated heterocycles. The van der Waals surface area contributed by atoms with Crippen LogP contribution in [-0.4, -0.2) is 25.2 Å². The Balaban J connectivity index is 2.14. The smallest absolute Gasteiger partial charge is 0.309 e. The van der Waals surface area contributed by atoms with Gasteiger partial charge in [-0.2, -0.15) is 0 Å². The molecule has 2 atom stereocenters. The van der Waals surface area contributed by atoms with Crippen LogP contribution in [0.2, 0.25) is 0 Å². The molecule has 0 heterocycles. The van der Waals surface area contributed by atoms with Gasteiger partial charge in [0.2, 0.25) is 0 Å². The van der Waals surface area contributed by atoms with Crippen molar-refractivity contribution in [1.82, 2.24) is 5.32 Å². The highest BCUT2D eigenvalue weighted by Crippen LogP contribution is 2.29. The van der Waals surface area contributed by atoms with E-state index in [4.69, 9.17) is 4.74 Å². The predicted molar refractivity (Wildman–Crippen MR) is 60.6 cm³/mol. The van der Waals surface area contributed by atoms with E-state index in [9.17, 15) is 4.79 Å². The molecule has 0 bridgehead atoms. The van der Waals surface area contributed by atoms with Gasteiger partial charge >= 0.3 is 5.97 Å². The highest BCUT2D eigenvalue weighted by atomic mass is 16.5. The summed E-state index contributed by atoms with van der Waals surface area (Å²) in [6.07, 6.45) is 4.04. The fraction of sp³-hybridized carbons (Fsp3) is 0.917. The highest BCUT2D eigenvalue weighted by Gasteiger charge is 2.24. The minimum Gasteiger partial charge on any atom is -0.466 e. The molecule has 0 aliphatic heterocycles. The van der Waals surface area contributed by atoms with Crippen LogP contribution in [0.1, 0.15) is 40.0 Å². The Morgan fingerprint density at radius 3 is 2.60 bits per heavy atom. The van der Waals surface area contributed by atoms with Gasteiger partial charge in [0.1, 0.15) is 0 Å². The maximum Gasteiger partial charge on any atom is 0.309 e. The largest absolute Gasteiger partial charge is 0.466 e. The third-order valence-corrected chi connectivity index (χ3v) is 3.29. The first-order valence-electron chi connectivity index (χ1n) is 6.05. The van der Waals surface area contributed by atoms with Gasteiger partial charge in [-0.05, 0) is 32.6 Å². The van der Waals surface area contributed by atoms with Crippen LogP contribution in [0.3, 0.4) is 0 Å². The second kappa shape index (κ2) is 6.11. The Morgan fingerprint density at radius 1 is 1.47 bits per heavy atom. The van der Waals surface area contributed by atoms with E-state index in [0.717, 1.165) is 12.5 Å². The fourth-order valence-electron chi connectivity index (χ4n) is 1.84. The van der Waals surface area contributed by atoms with Crippen LogP contribution in [0.5, 0.6) is 0 Å². The number of rotatable bonds is 6. The quantitative estimate of drug-likeness (QED) is 0.685. The van der Waals surface area contributed by atoms with Gasteiger partial charge in [-0.15, -0.1) is 0 Å². The zero-order valence-corrected chi connectivity index (χ0v) is 10.1. The van der Waals surface area contributed by atoms with E-state index in [0.29, 0.717) is 12.6 Å². The molecule has 0 spiro atoms. The SMILES string of the molecule is CCOC(=O)C(C)CNC(C)C1CCC1. The molecule has 0 aromatic rings.